The van der Waals surface area contributed by atoms with Crippen molar-refractivity contribution in [1.29, 1.82) is 0 Å². The number of nitrogens with one attached hydrogen (secondary N) is 1. The van der Waals surface area contributed by atoms with Crippen LogP contribution in [0.25, 0.3) is 0 Å². The number of nitrogens with zero attached hydrogens (tertiary/aromatic N) is 1. The second kappa shape index (κ2) is 7.01. The summed E-state index contributed by atoms with van der Waals surface area (Å²) >= 11 is 6.99. The molecule has 1 N–H and O–H groups in total. The van der Waals surface area contributed by atoms with Crippen LogP contribution >= 0.6 is 31.9 Å². The summed E-state index contributed by atoms with van der Waals surface area (Å²) < 4.78 is 2.08. The summed E-state index contributed by atoms with van der Waals surface area (Å²) in [6.07, 6.45) is 8.83. The van der Waals surface area contributed by atoms with E-state index in [0.717, 1.165) is 27.1 Å². The lowest BCUT2D eigenvalue weighted by molar-refractivity contribution is 0.280. The van der Waals surface area contributed by atoms with E-state index in [-0.39, 0.29) is 0 Å². The highest BCUT2D eigenvalue weighted by atomic mass is 79.9. The van der Waals surface area contributed by atoms with Crippen molar-refractivity contribution in [2.75, 3.05) is 0 Å². The van der Waals surface area contributed by atoms with Gasteiger partial charge in [0.1, 0.15) is 0 Å². The SMILES string of the molecule is C[C@H](NCc1ncc(Br)cc1Br)C1CCCCC1. The van der Waals surface area contributed by atoms with Crippen molar-refractivity contribution in [2.45, 2.75) is 51.6 Å². The molecule has 2 nitrogen and oxygen atoms in total. The molecule has 18 heavy (non-hydrogen) atoms. The molecule has 4 heteroatoms. The number of pyridine rings is 1. The maximum atomic E-state index is 4.44. The second-order valence-electron chi connectivity index (χ2n) is 5.15. The van der Waals surface area contributed by atoms with Crippen molar-refractivity contribution < 1.29 is 0 Å². The third-order valence-corrected chi connectivity index (χ3v) is 4.95. The van der Waals surface area contributed by atoms with Gasteiger partial charge in [-0.2, -0.15) is 0 Å². The predicted octanol–water partition coefficient (Wildman–Crippen LogP) is 4.67. The van der Waals surface area contributed by atoms with E-state index in [2.05, 4.69) is 55.2 Å². The van der Waals surface area contributed by atoms with E-state index >= 15 is 0 Å². The van der Waals surface area contributed by atoms with E-state index in [1.165, 1.54) is 32.1 Å². The molecule has 1 fully saturated rings. The molecule has 100 valence electrons. The first-order valence-electron chi connectivity index (χ1n) is 6.70. The van der Waals surface area contributed by atoms with Crippen LogP contribution in [-0.4, -0.2) is 11.0 Å². The normalized spacial score (nSPS) is 18.8. The van der Waals surface area contributed by atoms with Gasteiger partial charge in [-0.25, -0.2) is 0 Å². The minimum atomic E-state index is 0.586. The zero-order valence-corrected chi connectivity index (χ0v) is 13.9. The molecule has 1 aliphatic rings. The van der Waals surface area contributed by atoms with Gasteiger partial charge in [0.15, 0.2) is 0 Å². The number of hydrogen-bond acceptors (Lipinski definition) is 2. The zero-order valence-electron chi connectivity index (χ0n) is 10.8. The van der Waals surface area contributed by atoms with E-state index in [0.29, 0.717) is 6.04 Å². The maximum Gasteiger partial charge on any atom is 0.0684 e. The molecule has 1 aromatic rings. The fourth-order valence-electron chi connectivity index (χ4n) is 2.63. The Balaban J connectivity index is 1.86. The smallest absolute Gasteiger partial charge is 0.0684 e. The Hall–Kier alpha value is 0.0700. The lowest BCUT2D eigenvalue weighted by atomic mass is 9.84. The molecule has 0 amide bonds. The molecule has 0 bridgehead atoms. The summed E-state index contributed by atoms with van der Waals surface area (Å²) in [6.45, 7) is 3.15. The molecule has 1 aliphatic carbocycles. The van der Waals surface area contributed by atoms with Gasteiger partial charge in [0.2, 0.25) is 0 Å². The van der Waals surface area contributed by atoms with Crippen LogP contribution in [0, 0.1) is 5.92 Å². The van der Waals surface area contributed by atoms with Crippen LogP contribution in [-0.2, 0) is 6.54 Å². The molecular formula is C14H20Br2N2. The second-order valence-corrected chi connectivity index (χ2v) is 6.92. The Kier molecular flexibility index (Phi) is 5.64. The summed E-state index contributed by atoms with van der Waals surface area (Å²) in [5, 5.41) is 3.62. The Morgan fingerprint density at radius 2 is 2.06 bits per heavy atom. The van der Waals surface area contributed by atoms with E-state index in [9.17, 15) is 0 Å². The number of rotatable bonds is 4. The summed E-state index contributed by atoms with van der Waals surface area (Å²) in [7, 11) is 0. The molecule has 1 saturated carbocycles. The zero-order chi connectivity index (χ0) is 13.0. The molecule has 2 rings (SSSR count). The Bertz CT molecular complexity index is 389. The first kappa shape index (κ1) is 14.5. The van der Waals surface area contributed by atoms with Crippen molar-refractivity contribution in [3.05, 3.63) is 26.9 Å². The van der Waals surface area contributed by atoms with Crippen LogP contribution < -0.4 is 5.32 Å². The van der Waals surface area contributed by atoms with Crippen molar-refractivity contribution in [1.82, 2.24) is 10.3 Å². The van der Waals surface area contributed by atoms with Crippen LogP contribution in [0.3, 0.4) is 0 Å². The topological polar surface area (TPSA) is 24.9 Å². The van der Waals surface area contributed by atoms with Crippen LogP contribution in [0.2, 0.25) is 0 Å². The summed E-state index contributed by atoms with van der Waals surface area (Å²) in [5.41, 5.74) is 1.08. The Labute approximate surface area is 126 Å². The van der Waals surface area contributed by atoms with Crippen LogP contribution in [0.4, 0.5) is 0 Å². The average molecular weight is 376 g/mol. The third-order valence-electron chi connectivity index (χ3n) is 3.83. The predicted molar refractivity (Wildman–Crippen MR) is 82.5 cm³/mol. The van der Waals surface area contributed by atoms with Gasteiger partial charge >= 0.3 is 0 Å². The molecule has 1 aromatic heterocycles. The standard InChI is InChI=1S/C14H20Br2N2/c1-10(11-5-3-2-4-6-11)17-9-14-13(16)7-12(15)8-18-14/h7-8,10-11,17H,2-6,9H2,1H3/t10-/m0/s1. The fourth-order valence-corrected chi connectivity index (χ4v) is 3.76. The quantitative estimate of drug-likeness (QED) is 0.827. The summed E-state index contributed by atoms with van der Waals surface area (Å²) in [4.78, 5) is 4.44. The minimum absolute atomic E-state index is 0.586. The number of aromatic nitrogens is 1. The highest BCUT2D eigenvalue weighted by molar-refractivity contribution is 9.11. The van der Waals surface area contributed by atoms with Gasteiger partial charge < -0.3 is 5.32 Å². The molecule has 1 atom stereocenters. The van der Waals surface area contributed by atoms with Crippen molar-refractivity contribution in [2.24, 2.45) is 5.92 Å². The van der Waals surface area contributed by atoms with Crippen molar-refractivity contribution in [3.63, 3.8) is 0 Å². The van der Waals surface area contributed by atoms with E-state index in [1.54, 1.807) is 0 Å². The lowest BCUT2D eigenvalue weighted by Gasteiger charge is -2.28. The molecular weight excluding hydrogens is 356 g/mol. The highest BCUT2D eigenvalue weighted by Crippen LogP contribution is 2.26. The van der Waals surface area contributed by atoms with Crippen LogP contribution in [0.5, 0.6) is 0 Å². The number of hydrogen-bond donors (Lipinski definition) is 1. The van der Waals surface area contributed by atoms with Gasteiger partial charge in [0.05, 0.1) is 5.69 Å². The number of halogens is 2. The molecule has 1 heterocycles. The van der Waals surface area contributed by atoms with Crippen molar-refractivity contribution in [3.8, 4) is 0 Å². The van der Waals surface area contributed by atoms with Gasteiger partial charge in [0.25, 0.3) is 0 Å². The van der Waals surface area contributed by atoms with Gasteiger partial charge in [-0.1, -0.05) is 19.3 Å². The molecule has 0 aromatic carbocycles. The van der Waals surface area contributed by atoms with E-state index < -0.39 is 0 Å². The van der Waals surface area contributed by atoms with Gasteiger partial charge in [-0.15, -0.1) is 0 Å². The van der Waals surface area contributed by atoms with Crippen molar-refractivity contribution >= 4 is 31.9 Å². The van der Waals surface area contributed by atoms with Gasteiger partial charge in [0, 0.05) is 27.7 Å². The Morgan fingerprint density at radius 3 is 2.72 bits per heavy atom. The Morgan fingerprint density at radius 1 is 1.33 bits per heavy atom. The molecule has 0 unspecified atom stereocenters. The minimum Gasteiger partial charge on any atom is -0.308 e. The molecule has 0 saturated heterocycles. The van der Waals surface area contributed by atoms with E-state index in [1.807, 2.05) is 6.20 Å². The first-order chi connectivity index (χ1) is 8.66. The third kappa shape index (κ3) is 4.04. The summed E-state index contributed by atoms with van der Waals surface area (Å²) in [5.74, 6) is 0.841. The van der Waals surface area contributed by atoms with Crippen LogP contribution in [0.15, 0.2) is 21.2 Å². The summed E-state index contributed by atoms with van der Waals surface area (Å²) in [6, 6.07) is 2.64. The monoisotopic (exact) mass is 374 g/mol. The maximum absolute atomic E-state index is 4.44. The first-order valence-corrected chi connectivity index (χ1v) is 8.28. The van der Waals surface area contributed by atoms with Crippen LogP contribution in [0.1, 0.15) is 44.7 Å². The fraction of sp³-hybridized carbons (Fsp3) is 0.643. The average Bonchev–Trinajstić information content (AvgIpc) is 2.38. The molecule has 0 spiro atoms. The van der Waals surface area contributed by atoms with Gasteiger partial charge in [-0.3, -0.25) is 4.98 Å². The largest absolute Gasteiger partial charge is 0.308 e. The van der Waals surface area contributed by atoms with Gasteiger partial charge in [-0.05, 0) is 63.6 Å². The molecule has 0 aliphatic heterocycles. The lowest BCUT2D eigenvalue weighted by Crippen LogP contribution is -2.34. The highest BCUT2D eigenvalue weighted by Gasteiger charge is 2.19. The van der Waals surface area contributed by atoms with E-state index in [4.69, 9.17) is 0 Å². The molecule has 0 radical (unpaired) electrons.